The third-order valence-corrected chi connectivity index (χ3v) is 1.56. The van der Waals surface area contributed by atoms with Crippen LogP contribution in [-0.4, -0.2) is 23.0 Å². The zero-order valence-electron chi connectivity index (χ0n) is 5.28. The third-order valence-electron chi connectivity index (χ3n) is 1.56. The van der Waals surface area contributed by atoms with Crippen molar-refractivity contribution < 1.29 is 4.92 Å². The fourth-order valence-electron chi connectivity index (χ4n) is 1.01. The zero-order chi connectivity index (χ0) is 6.85. The van der Waals surface area contributed by atoms with Crippen LogP contribution in [-0.2, 0) is 0 Å². The second kappa shape index (κ2) is 2.31. The van der Waals surface area contributed by atoms with E-state index in [9.17, 15) is 10.1 Å². The fraction of sp³-hybridized carbons (Fsp3) is 0.800. The molecule has 9 heavy (non-hydrogen) atoms. The Bertz CT molecular complexity index is 126. The van der Waals surface area contributed by atoms with E-state index in [-0.39, 0.29) is 4.92 Å². The molecule has 1 atom stereocenters. The highest BCUT2D eigenvalue weighted by Gasteiger charge is 2.30. The number of nitro groups is 1. The van der Waals surface area contributed by atoms with Crippen LogP contribution < -0.4 is 0 Å². The molecule has 0 aromatic carbocycles. The van der Waals surface area contributed by atoms with Crippen LogP contribution in [0.15, 0.2) is 0 Å². The second-order valence-corrected chi connectivity index (χ2v) is 2.19. The monoisotopic (exact) mass is 129 g/mol. The van der Waals surface area contributed by atoms with Gasteiger partial charge in [0.1, 0.15) is 0 Å². The Labute approximate surface area is 53.6 Å². The Morgan fingerprint density at radius 1 is 1.89 bits per heavy atom. The first kappa shape index (κ1) is 6.48. The minimum absolute atomic E-state index is 0.247. The maximum Gasteiger partial charge on any atom is 0.268 e. The molecule has 4 heteroatoms. The van der Waals surface area contributed by atoms with Crippen LogP contribution in [0.5, 0.6) is 0 Å². The number of nitrogens with zero attached hydrogens (tertiary/aromatic N) is 2. The molecule has 0 N–H and O–H groups in total. The van der Waals surface area contributed by atoms with Crippen molar-refractivity contribution in [2.75, 3.05) is 7.05 Å². The molecule has 1 aliphatic rings. The second-order valence-electron chi connectivity index (χ2n) is 2.19. The minimum atomic E-state index is -0.468. The maximum absolute atomic E-state index is 10.2. The van der Waals surface area contributed by atoms with Gasteiger partial charge in [-0.2, -0.15) is 0 Å². The summed E-state index contributed by atoms with van der Waals surface area (Å²) in [5.41, 5.74) is 0. The van der Waals surface area contributed by atoms with Gasteiger partial charge in [0.2, 0.25) is 0 Å². The Hall–Kier alpha value is -0.640. The molecule has 0 spiro atoms. The first-order chi connectivity index (χ1) is 4.22. The van der Waals surface area contributed by atoms with E-state index < -0.39 is 6.17 Å². The molecule has 0 saturated carbocycles. The van der Waals surface area contributed by atoms with Gasteiger partial charge in [0, 0.05) is 17.9 Å². The zero-order valence-corrected chi connectivity index (χ0v) is 5.28. The first-order valence-corrected chi connectivity index (χ1v) is 2.90. The smallest absolute Gasteiger partial charge is 0.263 e. The highest BCUT2D eigenvalue weighted by atomic mass is 16.6. The summed E-state index contributed by atoms with van der Waals surface area (Å²) in [6, 6.07) is 0. The molecule has 1 fully saturated rings. The van der Waals surface area contributed by atoms with E-state index in [4.69, 9.17) is 0 Å². The van der Waals surface area contributed by atoms with E-state index in [1.807, 2.05) is 6.54 Å². The third kappa shape index (κ3) is 1.18. The van der Waals surface area contributed by atoms with Gasteiger partial charge < -0.3 is 0 Å². The summed E-state index contributed by atoms with van der Waals surface area (Å²) in [5.74, 6) is 0. The average Bonchev–Trinajstić information content (AvgIpc) is 2.13. The average molecular weight is 129 g/mol. The highest BCUT2D eigenvalue weighted by molar-refractivity contribution is 4.77. The Morgan fingerprint density at radius 3 is 2.78 bits per heavy atom. The van der Waals surface area contributed by atoms with Gasteiger partial charge in [-0.05, 0) is 13.5 Å². The Kier molecular flexibility index (Phi) is 1.66. The summed E-state index contributed by atoms with van der Waals surface area (Å²) in [6.45, 7) is 1.85. The van der Waals surface area contributed by atoms with E-state index in [0.29, 0.717) is 6.42 Å². The summed E-state index contributed by atoms with van der Waals surface area (Å²) in [4.78, 5) is 11.6. The van der Waals surface area contributed by atoms with Crippen molar-refractivity contribution in [3.8, 4) is 0 Å². The predicted octanol–water partition coefficient (Wildman–Crippen LogP) is 0.477. The maximum atomic E-state index is 10.2. The van der Waals surface area contributed by atoms with Crippen LogP contribution in [0.3, 0.4) is 0 Å². The molecule has 0 aliphatic carbocycles. The molecule has 51 valence electrons. The lowest BCUT2D eigenvalue weighted by atomic mass is 10.3. The molecule has 0 aromatic rings. The summed E-state index contributed by atoms with van der Waals surface area (Å²) in [5, 5.41) is 10.2. The van der Waals surface area contributed by atoms with Crippen LogP contribution in [0.1, 0.15) is 12.8 Å². The van der Waals surface area contributed by atoms with E-state index in [1.54, 1.807) is 11.9 Å². The largest absolute Gasteiger partial charge is 0.268 e. The molecule has 1 radical (unpaired) electrons. The highest BCUT2D eigenvalue weighted by Crippen LogP contribution is 2.17. The molecule has 0 aromatic heterocycles. The molecular weight excluding hydrogens is 120 g/mol. The van der Waals surface area contributed by atoms with Crippen molar-refractivity contribution in [1.29, 1.82) is 0 Å². The molecule has 1 aliphatic heterocycles. The molecule has 1 unspecified atom stereocenters. The predicted molar refractivity (Wildman–Crippen MR) is 32.1 cm³/mol. The Balaban J connectivity index is 2.49. The van der Waals surface area contributed by atoms with Crippen molar-refractivity contribution in [2.45, 2.75) is 19.0 Å². The van der Waals surface area contributed by atoms with E-state index in [1.165, 1.54) is 0 Å². The van der Waals surface area contributed by atoms with Crippen molar-refractivity contribution in [3.63, 3.8) is 0 Å². The topological polar surface area (TPSA) is 46.4 Å². The minimum Gasteiger partial charge on any atom is -0.263 e. The van der Waals surface area contributed by atoms with E-state index >= 15 is 0 Å². The van der Waals surface area contributed by atoms with Crippen molar-refractivity contribution in [3.05, 3.63) is 16.7 Å². The SMILES string of the molecule is CN1[CH]CCC1[N+](=O)[O-]. The van der Waals surface area contributed by atoms with Crippen LogP contribution in [0.2, 0.25) is 0 Å². The molecule has 4 nitrogen and oxygen atoms in total. The van der Waals surface area contributed by atoms with Crippen LogP contribution in [0.25, 0.3) is 0 Å². The van der Waals surface area contributed by atoms with Crippen LogP contribution in [0.4, 0.5) is 0 Å². The molecule has 1 heterocycles. The fourth-order valence-corrected chi connectivity index (χ4v) is 1.01. The molecule has 0 bridgehead atoms. The van der Waals surface area contributed by atoms with Crippen LogP contribution in [0, 0.1) is 16.7 Å². The van der Waals surface area contributed by atoms with Gasteiger partial charge >= 0.3 is 0 Å². The molecular formula is C5H9N2O2. The van der Waals surface area contributed by atoms with Gasteiger partial charge in [-0.1, -0.05) is 0 Å². The lowest BCUT2D eigenvalue weighted by Gasteiger charge is -2.09. The number of hydrogen-bond acceptors (Lipinski definition) is 3. The van der Waals surface area contributed by atoms with E-state index in [2.05, 4.69) is 0 Å². The van der Waals surface area contributed by atoms with E-state index in [0.717, 1.165) is 6.42 Å². The quantitative estimate of drug-likeness (QED) is 0.382. The summed E-state index contributed by atoms with van der Waals surface area (Å²) in [7, 11) is 1.74. The summed E-state index contributed by atoms with van der Waals surface area (Å²) >= 11 is 0. The molecule has 1 rings (SSSR count). The molecule has 1 saturated heterocycles. The Morgan fingerprint density at radius 2 is 2.56 bits per heavy atom. The normalized spacial score (nSPS) is 28.8. The number of likely N-dealkylation sites (tertiary alicyclic amines) is 1. The van der Waals surface area contributed by atoms with Gasteiger partial charge in [-0.3, -0.25) is 10.1 Å². The van der Waals surface area contributed by atoms with Gasteiger partial charge in [0.15, 0.2) is 0 Å². The lowest BCUT2D eigenvalue weighted by molar-refractivity contribution is -0.543. The summed E-state index contributed by atoms with van der Waals surface area (Å²) < 4.78 is 0. The number of rotatable bonds is 1. The van der Waals surface area contributed by atoms with Gasteiger partial charge in [0.25, 0.3) is 6.17 Å². The van der Waals surface area contributed by atoms with Gasteiger partial charge in [-0.15, -0.1) is 0 Å². The van der Waals surface area contributed by atoms with Crippen molar-refractivity contribution >= 4 is 0 Å². The van der Waals surface area contributed by atoms with Crippen molar-refractivity contribution in [2.24, 2.45) is 0 Å². The lowest BCUT2D eigenvalue weighted by Crippen LogP contribution is -2.30. The van der Waals surface area contributed by atoms with Gasteiger partial charge in [-0.25, -0.2) is 4.90 Å². The standard InChI is InChI=1S/C5H9N2O2/c1-6-4-2-3-5(6)7(8)9/h4-5H,2-3H2,1H3. The van der Waals surface area contributed by atoms with Crippen LogP contribution >= 0.6 is 0 Å². The number of hydrogen-bond donors (Lipinski definition) is 0. The molecule has 0 amide bonds. The van der Waals surface area contributed by atoms with Crippen molar-refractivity contribution in [1.82, 2.24) is 4.90 Å². The summed E-state index contributed by atoms with van der Waals surface area (Å²) in [6.07, 6.45) is 1.02. The first-order valence-electron chi connectivity index (χ1n) is 2.90. The van der Waals surface area contributed by atoms with Gasteiger partial charge in [0.05, 0.1) is 0 Å².